The second kappa shape index (κ2) is 9.48. The normalized spacial score (nSPS) is 13.2. The van der Waals surface area contributed by atoms with Gasteiger partial charge in [-0.3, -0.25) is 0 Å². The van der Waals surface area contributed by atoms with Crippen molar-refractivity contribution in [1.82, 2.24) is 4.90 Å². The quantitative estimate of drug-likeness (QED) is 0.235. The molecule has 0 spiro atoms. The van der Waals surface area contributed by atoms with E-state index in [1.165, 1.54) is 4.90 Å². The van der Waals surface area contributed by atoms with Gasteiger partial charge in [0.05, 0.1) is 0 Å². The second-order valence-electron chi connectivity index (χ2n) is 2.05. The zero-order chi connectivity index (χ0) is 9.07. The van der Waals surface area contributed by atoms with E-state index in [1.807, 2.05) is 0 Å². The van der Waals surface area contributed by atoms with E-state index >= 15 is 0 Å². The van der Waals surface area contributed by atoms with E-state index in [0.29, 0.717) is 0 Å². The summed E-state index contributed by atoms with van der Waals surface area (Å²) in [5.41, 5.74) is 0. The topological polar surface area (TPSA) is 63.6 Å². The first-order valence-corrected chi connectivity index (χ1v) is 5.36. The van der Waals surface area contributed by atoms with E-state index in [-0.39, 0.29) is 76.1 Å². The van der Waals surface area contributed by atoms with Gasteiger partial charge in [-0.25, -0.2) is 0 Å². The van der Waals surface area contributed by atoms with Gasteiger partial charge in [-0.15, -0.1) is 0 Å². The van der Waals surface area contributed by atoms with Crippen molar-refractivity contribution >= 4 is 36.8 Å². The third-order valence-electron chi connectivity index (χ3n) is 1.03. The summed E-state index contributed by atoms with van der Waals surface area (Å²) < 4.78 is 10.4. The van der Waals surface area contributed by atoms with E-state index in [4.69, 9.17) is 4.89 Å². The molecule has 1 unspecified atom stereocenters. The van der Waals surface area contributed by atoms with Crippen LogP contribution in [0.15, 0.2) is 0 Å². The molecule has 13 heavy (non-hydrogen) atoms. The molecule has 0 saturated carbocycles. The Hall–Kier alpha value is 2.26. The predicted octanol–water partition coefficient (Wildman–Crippen LogP) is -6.70. The van der Waals surface area contributed by atoms with E-state index < -0.39 is 7.60 Å². The Labute approximate surface area is 133 Å². The molecule has 9 heteroatoms. The molecule has 4 nitrogen and oxygen atoms in total. The molecule has 66 valence electrons. The molecule has 0 aromatic carbocycles. The minimum Gasteiger partial charge on any atom is -0.779 e. The van der Waals surface area contributed by atoms with Crippen molar-refractivity contribution < 1.29 is 73.5 Å². The van der Waals surface area contributed by atoms with Crippen molar-refractivity contribution in [2.24, 2.45) is 0 Å². The molecule has 0 heterocycles. The molecule has 0 rings (SSSR count). The SMILES string of the molecule is CN(CCP(=O)([O-])O)C(=S)[S-].[Na+].[Na+]. The predicted molar refractivity (Wildman–Crippen MR) is 47.3 cm³/mol. The van der Waals surface area contributed by atoms with Gasteiger partial charge in [0.25, 0.3) is 0 Å². The maximum Gasteiger partial charge on any atom is 1.00 e. The molecule has 0 fully saturated rings. The van der Waals surface area contributed by atoms with Crippen molar-refractivity contribution in [2.75, 3.05) is 19.8 Å². The van der Waals surface area contributed by atoms with Crippen LogP contribution in [0.2, 0.25) is 0 Å². The van der Waals surface area contributed by atoms with Crippen LogP contribution in [0.5, 0.6) is 0 Å². The minimum absolute atomic E-state index is 0. The Morgan fingerprint density at radius 2 is 2.08 bits per heavy atom. The van der Waals surface area contributed by atoms with Gasteiger partial charge in [0.15, 0.2) is 0 Å². The Morgan fingerprint density at radius 1 is 1.69 bits per heavy atom. The molecule has 0 aromatic heterocycles. The standard InChI is InChI=1S/C4H10NO3PS2.2Na/c1-5(4(10)11)2-3-9(6,7)8;;/h2-3H2,1H3,(H,10,11)(H2,6,7,8);;/q;2*+1/p-2. The summed E-state index contributed by atoms with van der Waals surface area (Å²) in [6.45, 7) is 0.139. The first kappa shape index (κ1) is 20.6. The monoisotopic (exact) mass is 259 g/mol. The van der Waals surface area contributed by atoms with Gasteiger partial charge in [-0.1, -0.05) is 4.32 Å². The van der Waals surface area contributed by atoms with Crippen LogP contribution < -0.4 is 64.0 Å². The smallest absolute Gasteiger partial charge is 0.779 e. The first-order chi connectivity index (χ1) is 4.83. The van der Waals surface area contributed by atoms with Gasteiger partial charge in [-0.2, -0.15) is 0 Å². The van der Waals surface area contributed by atoms with Crippen molar-refractivity contribution in [3.05, 3.63) is 0 Å². The summed E-state index contributed by atoms with van der Waals surface area (Å²) in [6.07, 6.45) is -0.319. The Balaban J connectivity index is -0.000000500. The summed E-state index contributed by atoms with van der Waals surface area (Å²) in [7, 11) is -2.58. The van der Waals surface area contributed by atoms with Crippen LogP contribution in [0.1, 0.15) is 0 Å². The molecule has 0 radical (unpaired) electrons. The zero-order valence-electron chi connectivity index (χ0n) is 7.89. The zero-order valence-corrected chi connectivity index (χ0v) is 14.4. The van der Waals surface area contributed by atoms with Crippen LogP contribution in [-0.2, 0) is 17.2 Å². The molecule has 0 bridgehead atoms. The summed E-state index contributed by atoms with van der Waals surface area (Å²) >= 11 is 9.15. The van der Waals surface area contributed by atoms with Crippen LogP contribution in [0, 0.1) is 0 Å². The molecule has 1 N–H and O–H groups in total. The van der Waals surface area contributed by atoms with Gasteiger partial charge in [0, 0.05) is 19.8 Å². The Bertz CT molecular complexity index is 200. The van der Waals surface area contributed by atoms with Crippen LogP contribution in [0.3, 0.4) is 0 Å². The minimum atomic E-state index is -4.16. The van der Waals surface area contributed by atoms with Crippen LogP contribution >= 0.6 is 19.8 Å². The molecule has 0 amide bonds. The number of hydrogen-bond acceptors (Lipinski definition) is 4. The number of thiocarbonyl (C=S) groups is 1. The molecule has 0 aliphatic rings. The molecule has 0 aromatic rings. The van der Waals surface area contributed by atoms with Crippen molar-refractivity contribution in [2.45, 2.75) is 0 Å². The number of rotatable bonds is 3. The molecule has 0 saturated heterocycles. The maximum atomic E-state index is 10.2. The van der Waals surface area contributed by atoms with E-state index in [2.05, 4.69) is 24.8 Å². The van der Waals surface area contributed by atoms with Crippen LogP contribution in [0.25, 0.3) is 0 Å². The fraction of sp³-hybridized carbons (Fsp3) is 0.750. The first-order valence-electron chi connectivity index (χ1n) is 2.78. The Morgan fingerprint density at radius 3 is 2.31 bits per heavy atom. The third kappa shape index (κ3) is 14.3. The van der Waals surface area contributed by atoms with E-state index in [0.717, 1.165) is 0 Å². The average Bonchev–Trinajstić information content (AvgIpc) is 1.80. The maximum absolute atomic E-state index is 10.2. The van der Waals surface area contributed by atoms with Crippen LogP contribution in [0.4, 0.5) is 0 Å². The van der Waals surface area contributed by atoms with E-state index in [9.17, 15) is 9.46 Å². The molecular weight excluding hydrogens is 251 g/mol. The summed E-state index contributed by atoms with van der Waals surface area (Å²) in [4.78, 5) is 20.0. The van der Waals surface area contributed by atoms with Gasteiger partial charge in [-0.05, 0) is 0 Å². The largest absolute Gasteiger partial charge is 1.00 e. The molecule has 0 aliphatic carbocycles. The number of hydrogen-bond donors (Lipinski definition) is 1. The fourth-order valence-electron chi connectivity index (χ4n) is 0.368. The molecule has 0 aliphatic heterocycles. The van der Waals surface area contributed by atoms with Crippen molar-refractivity contribution in [3.63, 3.8) is 0 Å². The third-order valence-corrected chi connectivity index (χ3v) is 2.42. The summed E-state index contributed by atoms with van der Waals surface area (Å²) in [6, 6.07) is 0. The van der Waals surface area contributed by atoms with E-state index in [1.54, 1.807) is 7.05 Å². The van der Waals surface area contributed by atoms with Crippen molar-refractivity contribution in [1.29, 1.82) is 0 Å². The Kier molecular flexibility index (Phi) is 15.1. The summed E-state index contributed by atoms with van der Waals surface area (Å²) in [5, 5.41) is 0. The van der Waals surface area contributed by atoms with Gasteiger partial charge in [0.2, 0.25) is 0 Å². The summed E-state index contributed by atoms with van der Waals surface area (Å²) in [5.74, 6) is 0. The van der Waals surface area contributed by atoms with Gasteiger partial charge >= 0.3 is 59.1 Å². The fourth-order valence-corrected chi connectivity index (χ4v) is 1.10. The second-order valence-corrected chi connectivity index (χ2v) is 4.80. The van der Waals surface area contributed by atoms with Gasteiger partial charge < -0.3 is 44.1 Å². The van der Waals surface area contributed by atoms with Crippen LogP contribution in [-0.4, -0.2) is 33.9 Å². The van der Waals surface area contributed by atoms with Crippen molar-refractivity contribution in [3.8, 4) is 0 Å². The number of nitrogens with zero attached hydrogens (tertiary/aromatic N) is 1. The average molecular weight is 259 g/mol. The molecule has 1 atom stereocenters. The molecular formula is C4H8NNa2O3PS2. The van der Waals surface area contributed by atoms with Gasteiger partial charge in [0.1, 0.15) is 7.60 Å².